The van der Waals surface area contributed by atoms with Crippen LogP contribution in [0.2, 0.25) is 0 Å². The molecule has 0 aromatic heterocycles. The summed E-state index contributed by atoms with van der Waals surface area (Å²) >= 11 is 0. The van der Waals surface area contributed by atoms with E-state index >= 15 is 0 Å². The van der Waals surface area contributed by atoms with E-state index in [1.807, 2.05) is 0 Å². The molecule has 1 aromatic rings. The Bertz CT molecular complexity index is 781. The van der Waals surface area contributed by atoms with Crippen LogP contribution in [0.25, 0.3) is 0 Å². The van der Waals surface area contributed by atoms with Crippen molar-refractivity contribution in [3.8, 4) is 0 Å². The van der Waals surface area contributed by atoms with Gasteiger partial charge in [-0.3, -0.25) is 9.52 Å². The molecule has 5 rings (SSSR count). The molecule has 1 aromatic carbocycles. The molecule has 4 aliphatic carbocycles. The second-order valence-electron chi connectivity index (χ2n) is 8.50. The molecule has 4 bridgehead atoms. The predicted octanol–water partition coefficient (Wildman–Crippen LogP) is 3.07. The highest BCUT2D eigenvalue weighted by Crippen LogP contribution is 2.55. The maximum atomic E-state index is 13.0. The smallest absolute Gasteiger partial charge is 0.252 e. The molecule has 1 amide bonds. The third-order valence-corrected chi connectivity index (χ3v) is 6.88. The van der Waals surface area contributed by atoms with Gasteiger partial charge in [0.05, 0.1) is 11.9 Å². The summed E-state index contributed by atoms with van der Waals surface area (Å²) < 4.78 is 25.5. The summed E-state index contributed by atoms with van der Waals surface area (Å²) in [6.45, 7) is 1.79. The first kappa shape index (κ1) is 16.9. The van der Waals surface area contributed by atoms with Gasteiger partial charge >= 0.3 is 0 Å². The Kier molecular flexibility index (Phi) is 3.87. The van der Waals surface area contributed by atoms with Crippen molar-refractivity contribution in [2.45, 2.75) is 51.0 Å². The molecular weight excluding hydrogens is 336 g/mol. The maximum absolute atomic E-state index is 13.0. The Labute approximate surface area is 149 Å². The van der Waals surface area contributed by atoms with Crippen LogP contribution in [0.5, 0.6) is 0 Å². The van der Waals surface area contributed by atoms with Crippen LogP contribution in [0.1, 0.15) is 54.4 Å². The van der Waals surface area contributed by atoms with Crippen LogP contribution in [0, 0.1) is 24.7 Å². The van der Waals surface area contributed by atoms with Gasteiger partial charge < -0.3 is 5.32 Å². The van der Waals surface area contributed by atoms with E-state index in [-0.39, 0.29) is 11.4 Å². The van der Waals surface area contributed by atoms with Crippen molar-refractivity contribution in [2.24, 2.45) is 17.8 Å². The molecule has 0 heterocycles. The second kappa shape index (κ2) is 5.73. The SMILES string of the molecule is Cc1c(NS(C)(=O)=O)cccc1C(=O)NC12CC3CC(CC(C3)C1)C2. The average molecular weight is 362 g/mol. The van der Waals surface area contributed by atoms with Gasteiger partial charge in [-0.25, -0.2) is 8.42 Å². The minimum atomic E-state index is -3.37. The van der Waals surface area contributed by atoms with E-state index in [1.165, 1.54) is 19.3 Å². The van der Waals surface area contributed by atoms with Crippen molar-refractivity contribution in [1.29, 1.82) is 0 Å². The topological polar surface area (TPSA) is 75.3 Å². The van der Waals surface area contributed by atoms with E-state index in [2.05, 4.69) is 10.0 Å². The van der Waals surface area contributed by atoms with Crippen molar-refractivity contribution < 1.29 is 13.2 Å². The van der Waals surface area contributed by atoms with E-state index in [0.29, 0.717) is 16.8 Å². The lowest BCUT2D eigenvalue weighted by molar-refractivity contribution is -0.0167. The van der Waals surface area contributed by atoms with Crippen LogP contribution in [-0.4, -0.2) is 26.1 Å². The highest BCUT2D eigenvalue weighted by molar-refractivity contribution is 7.92. The first-order chi connectivity index (χ1) is 11.7. The number of amides is 1. The molecule has 0 unspecified atom stereocenters. The first-order valence-corrected chi connectivity index (χ1v) is 11.0. The molecule has 0 aliphatic heterocycles. The molecule has 0 saturated heterocycles. The summed E-state index contributed by atoms with van der Waals surface area (Å²) in [4.78, 5) is 13.0. The standard InChI is InChI=1S/C19H26N2O3S/c1-12-16(4-3-5-17(12)21-25(2,23)24)18(22)20-19-9-13-6-14(10-19)8-15(7-13)11-19/h3-5,13-15,21H,6-11H2,1-2H3,(H,20,22). The van der Waals surface area contributed by atoms with Gasteiger partial charge in [-0.15, -0.1) is 0 Å². The molecule has 4 aliphatic rings. The van der Waals surface area contributed by atoms with Gasteiger partial charge in [-0.2, -0.15) is 0 Å². The highest BCUT2D eigenvalue weighted by atomic mass is 32.2. The fourth-order valence-electron chi connectivity index (χ4n) is 5.76. The molecule has 4 saturated carbocycles. The number of hydrogen-bond donors (Lipinski definition) is 2. The first-order valence-electron chi connectivity index (χ1n) is 9.13. The van der Waals surface area contributed by atoms with Crippen LogP contribution < -0.4 is 10.0 Å². The number of carbonyl (C=O) groups is 1. The number of nitrogens with one attached hydrogen (secondary N) is 2. The lowest BCUT2D eigenvalue weighted by Gasteiger charge is -2.56. The van der Waals surface area contributed by atoms with E-state index in [4.69, 9.17) is 0 Å². The summed E-state index contributed by atoms with van der Waals surface area (Å²) in [6, 6.07) is 5.20. The number of carbonyl (C=O) groups excluding carboxylic acids is 1. The van der Waals surface area contributed by atoms with Crippen LogP contribution in [0.3, 0.4) is 0 Å². The van der Waals surface area contributed by atoms with Crippen molar-refractivity contribution >= 4 is 21.6 Å². The van der Waals surface area contributed by atoms with Gasteiger partial charge in [0.15, 0.2) is 0 Å². The van der Waals surface area contributed by atoms with E-state index in [1.54, 1.807) is 25.1 Å². The van der Waals surface area contributed by atoms with Crippen molar-refractivity contribution in [2.75, 3.05) is 11.0 Å². The van der Waals surface area contributed by atoms with E-state index in [9.17, 15) is 13.2 Å². The Hall–Kier alpha value is -1.56. The maximum Gasteiger partial charge on any atom is 0.252 e. The number of sulfonamides is 1. The number of anilines is 1. The molecule has 5 nitrogen and oxygen atoms in total. The second-order valence-corrected chi connectivity index (χ2v) is 10.3. The summed E-state index contributed by atoms with van der Waals surface area (Å²) in [5.41, 5.74) is 1.67. The Morgan fingerprint density at radius 1 is 1.08 bits per heavy atom. The molecule has 0 radical (unpaired) electrons. The third-order valence-electron chi connectivity index (χ3n) is 6.29. The fourth-order valence-corrected chi connectivity index (χ4v) is 6.38. The lowest BCUT2D eigenvalue weighted by Crippen LogP contribution is -2.59. The molecule has 136 valence electrons. The molecule has 4 fully saturated rings. The summed E-state index contributed by atoms with van der Waals surface area (Å²) in [6.07, 6.45) is 8.43. The van der Waals surface area contributed by atoms with Crippen LogP contribution in [0.15, 0.2) is 18.2 Å². The van der Waals surface area contributed by atoms with Crippen LogP contribution in [-0.2, 0) is 10.0 Å². The zero-order valence-electron chi connectivity index (χ0n) is 14.8. The van der Waals surface area contributed by atoms with Gasteiger partial charge in [-0.1, -0.05) is 6.07 Å². The van der Waals surface area contributed by atoms with Gasteiger partial charge in [0.25, 0.3) is 5.91 Å². The monoisotopic (exact) mass is 362 g/mol. The largest absolute Gasteiger partial charge is 0.347 e. The molecule has 0 spiro atoms. The average Bonchev–Trinajstić information content (AvgIpc) is 2.46. The molecule has 2 N–H and O–H groups in total. The number of hydrogen-bond acceptors (Lipinski definition) is 3. The minimum Gasteiger partial charge on any atom is -0.347 e. The van der Waals surface area contributed by atoms with E-state index < -0.39 is 10.0 Å². The van der Waals surface area contributed by atoms with Crippen molar-refractivity contribution in [3.63, 3.8) is 0 Å². The number of benzene rings is 1. The van der Waals surface area contributed by atoms with Gasteiger partial charge in [0.2, 0.25) is 10.0 Å². The Balaban J connectivity index is 1.57. The zero-order valence-corrected chi connectivity index (χ0v) is 15.7. The van der Waals surface area contributed by atoms with Gasteiger partial charge in [0, 0.05) is 11.1 Å². The predicted molar refractivity (Wildman–Crippen MR) is 98.0 cm³/mol. The summed E-state index contributed by atoms with van der Waals surface area (Å²) in [5.74, 6) is 2.24. The lowest BCUT2D eigenvalue weighted by atomic mass is 9.53. The molecule has 6 heteroatoms. The fraction of sp³-hybridized carbons (Fsp3) is 0.632. The van der Waals surface area contributed by atoms with Crippen molar-refractivity contribution in [1.82, 2.24) is 5.32 Å². The van der Waals surface area contributed by atoms with Crippen LogP contribution >= 0.6 is 0 Å². The third kappa shape index (κ3) is 3.28. The minimum absolute atomic E-state index is 0.0431. The normalized spacial score (nSPS) is 33.3. The van der Waals surface area contributed by atoms with Gasteiger partial charge in [-0.05, 0) is 80.9 Å². The van der Waals surface area contributed by atoms with Crippen LogP contribution in [0.4, 0.5) is 5.69 Å². The van der Waals surface area contributed by atoms with Gasteiger partial charge in [0.1, 0.15) is 0 Å². The molecular formula is C19H26N2O3S. The zero-order chi connectivity index (χ0) is 17.8. The Morgan fingerprint density at radius 2 is 1.64 bits per heavy atom. The summed E-state index contributed by atoms with van der Waals surface area (Å²) in [7, 11) is -3.37. The number of rotatable bonds is 4. The molecule has 0 atom stereocenters. The highest BCUT2D eigenvalue weighted by Gasteiger charge is 2.51. The quantitative estimate of drug-likeness (QED) is 0.864. The van der Waals surface area contributed by atoms with Crippen molar-refractivity contribution in [3.05, 3.63) is 29.3 Å². The molecule has 25 heavy (non-hydrogen) atoms. The Morgan fingerprint density at radius 3 is 2.16 bits per heavy atom. The van der Waals surface area contributed by atoms with E-state index in [0.717, 1.165) is 43.3 Å². The summed E-state index contributed by atoms with van der Waals surface area (Å²) in [5, 5.41) is 3.36.